The van der Waals surface area contributed by atoms with Crippen LogP contribution in [0, 0.1) is 0 Å². The summed E-state index contributed by atoms with van der Waals surface area (Å²) in [4.78, 5) is 10.0. The minimum absolute atomic E-state index is 0.729. The van der Waals surface area contributed by atoms with E-state index in [-0.39, 0.29) is 0 Å². The van der Waals surface area contributed by atoms with Crippen LogP contribution in [-0.2, 0) is 0 Å². The second kappa shape index (κ2) is 16.9. The molecule has 1 rings (SSSR count). The Balaban J connectivity index is 0.000000423. The molecule has 1 N–H and O–H groups in total. The maximum absolute atomic E-state index is 10.0. The van der Waals surface area contributed by atoms with Gasteiger partial charge in [-0.3, -0.25) is 4.79 Å². The summed E-state index contributed by atoms with van der Waals surface area (Å²) in [6.45, 7) is 6.98. The van der Waals surface area contributed by atoms with Crippen molar-refractivity contribution < 1.29 is 4.79 Å². The third-order valence-corrected chi connectivity index (χ3v) is 3.35. The minimum atomic E-state index is 0.729. The molecule has 0 aliphatic carbocycles. The zero-order valence-corrected chi connectivity index (χ0v) is 13.9. The fourth-order valence-corrected chi connectivity index (χ4v) is 2.01. The van der Waals surface area contributed by atoms with Crippen LogP contribution in [-0.4, -0.2) is 19.4 Å². The first-order valence-corrected chi connectivity index (χ1v) is 8.56. The highest BCUT2D eigenvalue weighted by Crippen LogP contribution is 1.99. The van der Waals surface area contributed by atoms with Crippen LogP contribution in [0.4, 0.5) is 0 Å². The molecule has 2 heteroatoms. The fraction of sp³-hybridized carbons (Fsp3) is 0.632. The molecular formula is C19H33NO. The van der Waals surface area contributed by atoms with Crippen LogP contribution in [0.2, 0.25) is 0 Å². The molecule has 120 valence electrons. The molecule has 0 atom stereocenters. The van der Waals surface area contributed by atoms with E-state index in [1.165, 1.54) is 64.5 Å². The molecule has 0 saturated heterocycles. The van der Waals surface area contributed by atoms with E-state index >= 15 is 0 Å². The Bertz CT molecular complexity index is 301. The second-order valence-corrected chi connectivity index (χ2v) is 5.40. The van der Waals surface area contributed by atoms with Crippen molar-refractivity contribution in [2.45, 2.75) is 65.2 Å². The number of unbranched alkanes of at least 4 members (excludes halogenated alkanes) is 6. The average molecular weight is 291 g/mol. The van der Waals surface area contributed by atoms with E-state index in [1.807, 2.05) is 18.2 Å². The van der Waals surface area contributed by atoms with Crippen molar-refractivity contribution in [1.29, 1.82) is 0 Å². The third-order valence-electron chi connectivity index (χ3n) is 3.35. The summed E-state index contributed by atoms with van der Waals surface area (Å²) in [5.74, 6) is 0. The highest BCUT2D eigenvalue weighted by Gasteiger charge is 1.89. The lowest BCUT2D eigenvalue weighted by Gasteiger charge is -2.03. The van der Waals surface area contributed by atoms with Gasteiger partial charge < -0.3 is 5.32 Å². The van der Waals surface area contributed by atoms with E-state index < -0.39 is 0 Å². The van der Waals surface area contributed by atoms with Gasteiger partial charge in [0.25, 0.3) is 0 Å². The largest absolute Gasteiger partial charge is 0.317 e. The molecule has 0 amide bonds. The number of hydrogen-bond donors (Lipinski definition) is 1. The highest BCUT2D eigenvalue weighted by molar-refractivity contribution is 5.74. The zero-order valence-electron chi connectivity index (χ0n) is 13.9. The molecule has 0 bridgehead atoms. The number of nitrogens with one attached hydrogen (secondary N) is 1. The quantitative estimate of drug-likeness (QED) is 0.446. The minimum Gasteiger partial charge on any atom is -0.317 e. The van der Waals surface area contributed by atoms with E-state index in [0.717, 1.165) is 11.8 Å². The number of hydrogen-bond acceptors (Lipinski definition) is 2. The monoisotopic (exact) mass is 291 g/mol. The Hall–Kier alpha value is -1.15. The van der Waals surface area contributed by atoms with Gasteiger partial charge in [-0.05, 0) is 25.9 Å². The summed E-state index contributed by atoms with van der Waals surface area (Å²) < 4.78 is 0. The van der Waals surface area contributed by atoms with Crippen LogP contribution in [0.5, 0.6) is 0 Å². The van der Waals surface area contributed by atoms with Crippen LogP contribution in [0.3, 0.4) is 0 Å². The number of carbonyl (C=O) groups excluding carboxylic acids is 1. The molecule has 0 aliphatic heterocycles. The maximum atomic E-state index is 10.0. The Labute approximate surface area is 131 Å². The first-order chi connectivity index (χ1) is 10.3. The van der Waals surface area contributed by atoms with Crippen molar-refractivity contribution in [3.05, 3.63) is 35.9 Å². The van der Waals surface area contributed by atoms with Crippen molar-refractivity contribution >= 4 is 6.29 Å². The summed E-state index contributed by atoms with van der Waals surface area (Å²) in [5, 5.41) is 3.50. The number of rotatable bonds is 11. The van der Waals surface area contributed by atoms with E-state index in [0.29, 0.717) is 0 Å². The van der Waals surface area contributed by atoms with Gasteiger partial charge in [-0.25, -0.2) is 0 Å². The molecule has 0 aromatic heterocycles. The molecule has 0 radical (unpaired) electrons. The van der Waals surface area contributed by atoms with Gasteiger partial charge in [0.1, 0.15) is 6.29 Å². The molecular weight excluding hydrogens is 258 g/mol. The van der Waals surface area contributed by atoms with Gasteiger partial charge >= 0.3 is 0 Å². The first-order valence-electron chi connectivity index (χ1n) is 8.56. The predicted molar refractivity (Wildman–Crippen MR) is 93.0 cm³/mol. The van der Waals surface area contributed by atoms with Crippen LogP contribution >= 0.6 is 0 Å². The third kappa shape index (κ3) is 15.1. The van der Waals surface area contributed by atoms with Crippen LogP contribution in [0.1, 0.15) is 75.6 Å². The number of benzene rings is 1. The summed E-state index contributed by atoms with van der Waals surface area (Å²) in [6, 6.07) is 9.10. The normalized spacial score (nSPS) is 9.81. The molecule has 0 saturated carbocycles. The molecule has 1 aromatic rings. The molecule has 1 aromatic carbocycles. The molecule has 0 spiro atoms. The van der Waals surface area contributed by atoms with Crippen molar-refractivity contribution in [1.82, 2.24) is 5.32 Å². The molecule has 21 heavy (non-hydrogen) atoms. The van der Waals surface area contributed by atoms with Gasteiger partial charge in [-0.15, -0.1) is 0 Å². The summed E-state index contributed by atoms with van der Waals surface area (Å²) >= 11 is 0. The lowest BCUT2D eigenvalue weighted by molar-refractivity contribution is 0.112. The van der Waals surface area contributed by atoms with Gasteiger partial charge in [0.05, 0.1) is 0 Å². The average Bonchev–Trinajstić information content (AvgIpc) is 2.55. The lowest BCUT2D eigenvalue weighted by atomic mass is 10.2. The maximum Gasteiger partial charge on any atom is 0.150 e. The smallest absolute Gasteiger partial charge is 0.150 e. The van der Waals surface area contributed by atoms with Crippen molar-refractivity contribution in [2.75, 3.05) is 13.1 Å². The number of aldehydes is 1. The standard InChI is InChI=1S/C12H27N.C7H6O/c1-3-5-7-9-11-13-12-10-8-6-4-2;8-6-7-4-2-1-3-5-7/h13H,3-12H2,1-2H3;1-6H. The Morgan fingerprint density at radius 2 is 1.33 bits per heavy atom. The molecule has 0 heterocycles. The lowest BCUT2D eigenvalue weighted by Crippen LogP contribution is -2.16. The topological polar surface area (TPSA) is 29.1 Å². The molecule has 0 aliphatic rings. The Kier molecular flexibility index (Phi) is 16.0. The van der Waals surface area contributed by atoms with E-state index in [2.05, 4.69) is 19.2 Å². The van der Waals surface area contributed by atoms with E-state index in [9.17, 15) is 4.79 Å². The van der Waals surface area contributed by atoms with Crippen molar-refractivity contribution in [2.24, 2.45) is 0 Å². The number of carbonyl (C=O) groups is 1. The van der Waals surface area contributed by atoms with Crippen LogP contribution in [0.15, 0.2) is 30.3 Å². The highest BCUT2D eigenvalue weighted by atomic mass is 16.1. The van der Waals surface area contributed by atoms with Crippen molar-refractivity contribution in [3.63, 3.8) is 0 Å². The molecule has 0 fully saturated rings. The van der Waals surface area contributed by atoms with E-state index in [1.54, 1.807) is 12.1 Å². The molecule has 0 unspecified atom stereocenters. The van der Waals surface area contributed by atoms with Crippen molar-refractivity contribution in [3.8, 4) is 0 Å². The summed E-state index contributed by atoms with van der Waals surface area (Å²) in [7, 11) is 0. The van der Waals surface area contributed by atoms with Gasteiger partial charge in [-0.2, -0.15) is 0 Å². The van der Waals surface area contributed by atoms with E-state index in [4.69, 9.17) is 0 Å². The second-order valence-electron chi connectivity index (χ2n) is 5.40. The summed E-state index contributed by atoms with van der Waals surface area (Å²) in [6.07, 6.45) is 11.8. The van der Waals surface area contributed by atoms with Gasteiger partial charge in [0, 0.05) is 5.56 Å². The summed E-state index contributed by atoms with van der Waals surface area (Å²) in [5.41, 5.74) is 0.729. The Morgan fingerprint density at radius 1 is 0.810 bits per heavy atom. The fourth-order valence-electron chi connectivity index (χ4n) is 2.01. The van der Waals surface area contributed by atoms with Gasteiger partial charge in [-0.1, -0.05) is 82.7 Å². The van der Waals surface area contributed by atoms with Gasteiger partial charge in [0.2, 0.25) is 0 Å². The van der Waals surface area contributed by atoms with Crippen LogP contribution in [0.25, 0.3) is 0 Å². The first kappa shape index (κ1) is 19.9. The Morgan fingerprint density at radius 3 is 1.71 bits per heavy atom. The predicted octanol–water partition coefficient (Wildman–Crippen LogP) is 5.24. The zero-order chi connectivity index (χ0) is 15.6. The molecule has 2 nitrogen and oxygen atoms in total. The van der Waals surface area contributed by atoms with Crippen LogP contribution < -0.4 is 5.32 Å². The SMILES string of the molecule is CCCCCCNCCCCCC.O=Cc1ccccc1. The van der Waals surface area contributed by atoms with Gasteiger partial charge in [0.15, 0.2) is 0 Å².